The number of carbonyl (C=O) groups excluding carboxylic acids is 1. The first kappa shape index (κ1) is 13.3. The monoisotopic (exact) mass is 231 g/mol. The Morgan fingerprint density at radius 2 is 2.06 bits per heavy atom. The predicted molar refractivity (Wildman–Crippen MR) is 59.1 cm³/mol. The standard InChI is InChI=1S/C11H21NO4/c1-10(2,3)16-9(14)12-6-5-11(4,15)8(13)7-12/h8,13,15H,5-7H2,1-4H3/t8-,11-/m0/s1. The number of hydrogen-bond donors (Lipinski definition) is 2. The van der Waals surface area contributed by atoms with Crippen molar-refractivity contribution >= 4 is 6.09 Å². The fourth-order valence-corrected chi connectivity index (χ4v) is 1.52. The molecule has 0 aromatic heterocycles. The summed E-state index contributed by atoms with van der Waals surface area (Å²) < 4.78 is 5.19. The van der Waals surface area contributed by atoms with E-state index in [9.17, 15) is 15.0 Å². The molecule has 2 N–H and O–H groups in total. The largest absolute Gasteiger partial charge is 0.444 e. The number of ether oxygens (including phenoxy) is 1. The maximum atomic E-state index is 11.7. The fourth-order valence-electron chi connectivity index (χ4n) is 1.52. The van der Waals surface area contributed by atoms with Crippen molar-refractivity contribution < 1.29 is 19.7 Å². The Morgan fingerprint density at radius 3 is 2.50 bits per heavy atom. The molecule has 0 unspecified atom stereocenters. The van der Waals surface area contributed by atoms with Gasteiger partial charge in [-0.1, -0.05) is 0 Å². The fraction of sp³-hybridized carbons (Fsp3) is 0.909. The van der Waals surface area contributed by atoms with Crippen molar-refractivity contribution in [3.8, 4) is 0 Å². The molecule has 1 rings (SSSR count). The van der Waals surface area contributed by atoms with Gasteiger partial charge in [-0.25, -0.2) is 4.79 Å². The molecule has 16 heavy (non-hydrogen) atoms. The first-order valence-electron chi connectivity index (χ1n) is 5.50. The molecule has 0 saturated carbocycles. The van der Waals surface area contributed by atoms with Crippen LogP contribution in [0.5, 0.6) is 0 Å². The van der Waals surface area contributed by atoms with Crippen LogP contribution >= 0.6 is 0 Å². The maximum absolute atomic E-state index is 11.7. The van der Waals surface area contributed by atoms with Gasteiger partial charge in [-0.3, -0.25) is 0 Å². The van der Waals surface area contributed by atoms with Crippen molar-refractivity contribution in [3.05, 3.63) is 0 Å². The van der Waals surface area contributed by atoms with Gasteiger partial charge in [-0.15, -0.1) is 0 Å². The van der Waals surface area contributed by atoms with Crippen LogP contribution in [0, 0.1) is 0 Å². The minimum atomic E-state index is -1.11. The van der Waals surface area contributed by atoms with E-state index in [4.69, 9.17) is 4.74 Å². The van der Waals surface area contributed by atoms with Gasteiger partial charge in [-0.2, -0.15) is 0 Å². The molecule has 1 heterocycles. The smallest absolute Gasteiger partial charge is 0.410 e. The van der Waals surface area contributed by atoms with E-state index in [1.807, 2.05) is 0 Å². The number of aliphatic hydroxyl groups is 2. The van der Waals surface area contributed by atoms with Crippen LogP contribution in [0.2, 0.25) is 0 Å². The van der Waals surface area contributed by atoms with E-state index < -0.39 is 23.4 Å². The summed E-state index contributed by atoms with van der Waals surface area (Å²) in [5, 5.41) is 19.4. The van der Waals surface area contributed by atoms with Crippen LogP contribution in [0.1, 0.15) is 34.1 Å². The number of nitrogens with zero attached hydrogens (tertiary/aromatic N) is 1. The maximum Gasteiger partial charge on any atom is 0.410 e. The average molecular weight is 231 g/mol. The van der Waals surface area contributed by atoms with Crippen LogP contribution in [0.25, 0.3) is 0 Å². The SMILES string of the molecule is CC(C)(C)OC(=O)N1CC[C@](C)(O)[C@@H](O)C1. The molecular weight excluding hydrogens is 210 g/mol. The molecule has 1 aliphatic rings. The second-order valence-electron chi connectivity index (χ2n) is 5.55. The first-order valence-corrected chi connectivity index (χ1v) is 5.50. The predicted octanol–water partition coefficient (Wildman–Crippen LogP) is 0.739. The molecule has 5 nitrogen and oxygen atoms in total. The summed E-state index contributed by atoms with van der Waals surface area (Å²) in [6.45, 7) is 7.47. The second-order valence-corrected chi connectivity index (χ2v) is 5.55. The third-order valence-corrected chi connectivity index (χ3v) is 2.65. The number of carbonyl (C=O) groups is 1. The highest BCUT2D eigenvalue weighted by atomic mass is 16.6. The molecule has 1 aliphatic heterocycles. The molecule has 1 fully saturated rings. The first-order chi connectivity index (χ1) is 7.12. The Kier molecular flexibility index (Phi) is 3.50. The number of aliphatic hydroxyl groups excluding tert-OH is 1. The zero-order valence-electron chi connectivity index (χ0n) is 10.4. The van der Waals surface area contributed by atoms with E-state index in [1.54, 1.807) is 27.7 Å². The lowest BCUT2D eigenvalue weighted by atomic mass is 9.91. The van der Waals surface area contributed by atoms with Gasteiger partial charge in [0.25, 0.3) is 0 Å². The molecule has 1 saturated heterocycles. The number of β-amino-alcohol motifs (C(OH)–C–C–N with tert-alkyl or cyclic N) is 1. The van der Waals surface area contributed by atoms with Crippen molar-refractivity contribution in [2.45, 2.75) is 51.4 Å². The summed E-state index contributed by atoms with van der Waals surface area (Å²) in [5.74, 6) is 0. The molecule has 0 radical (unpaired) electrons. The summed E-state index contributed by atoms with van der Waals surface area (Å²) in [6.07, 6.45) is -1.01. The van der Waals surface area contributed by atoms with Gasteiger partial charge in [0.1, 0.15) is 11.7 Å². The molecular formula is C11H21NO4. The van der Waals surface area contributed by atoms with E-state index in [0.29, 0.717) is 13.0 Å². The minimum Gasteiger partial charge on any atom is -0.444 e. The highest BCUT2D eigenvalue weighted by Gasteiger charge is 2.38. The lowest BCUT2D eigenvalue weighted by Gasteiger charge is -2.40. The molecule has 0 aromatic carbocycles. The molecule has 1 amide bonds. The minimum absolute atomic E-state index is 0.113. The second kappa shape index (κ2) is 4.22. The zero-order chi connectivity index (χ0) is 12.6. The number of hydrogen-bond acceptors (Lipinski definition) is 4. The van der Waals surface area contributed by atoms with Crippen LogP contribution in [-0.4, -0.2) is 51.6 Å². The van der Waals surface area contributed by atoms with Crippen molar-refractivity contribution in [2.75, 3.05) is 13.1 Å². The van der Waals surface area contributed by atoms with Crippen molar-refractivity contribution in [1.29, 1.82) is 0 Å². The Morgan fingerprint density at radius 1 is 1.50 bits per heavy atom. The highest BCUT2D eigenvalue weighted by molar-refractivity contribution is 5.68. The Hall–Kier alpha value is -0.810. The van der Waals surface area contributed by atoms with Crippen LogP contribution in [0.15, 0.2) is 0 Å². The Labute approximate surface area is 96.0 Å². The number of amides is 1. The van der Waals surface area contributed by atoms with Gasteiger partial charge in [-0.05, 0) is 34.1 Å². The van der Waals surface area contributed by atoms with E-state index in [1.165, 1.54) is 4.90 Å². The Balaban J connectivity index is 2.55. The quantitative estimate of drug-likeness (QED) is 0.645. The third kappa shape index (κ3) is 3.35. The van der Waals surface area contributed by atoms with Gasteiger partial charge >= 0.3 is 6.09 Å². The molecule has 0 spiro atoms. The highest BCUT2D eigenvalue weighted by Crippen LogP contribution is 2.23. The molecule has 94 valence electrons. The van der Waals surface area contributed by atoms with Gasteiger partial charge < -0.3 is 19.8 Å². The Bertz CT molecular complexity index is 270. The van der Waals surface area contributed by atoms with E-state index in [2.05, 4.69) is 0 Å². The van der Waals surface area contributed by atoms with Crippen LogP contribution < -0.4 is 0 Å². The number of rotatable bonds is 0. The van der Waals surface area contributed by atoms with Gasteiger partial charge in [0, 0.05) is 6.54 Å². The topological polar surface area (TPSA) is 70.0 Å². The van der Waals surface area contributed by atoms with E-state index >= 15 is 0 Å². The van der Waals surface area contributed by atoms with Gasteiger partial charge in [0.15, 0.2) is 0 Å². The van der Waals surface area contributed by atoms with Crippen molar-refractivity contribution in [2.24, 2.45) is 0 Å². The summed E-state index contributed by atoms with van der Waals surface area (Å²) >= 11 is 0. The van der Waals surface area contributed by atoms with Crippen molar-refractivity contribution in [1.82, 2.24) is 4.90 Å². The molecule has 2 atom stereocenters. The lowest BCUT2D eigenvalue weighted by molar-refractivity contribution is -0.106. The van der Waals surface area contributed by atoms with Gasteiger partial charge in [0.05, 0.1) is 12.1 Å². The molecule has 0 aromatic rings. The summed E-state index contributed by atoms with van der Waals surface area (Å²) in [4.78, 5) is 13.1. The van der Waals surface area contributed by atoms with Crippen LogP contribution in [0.4, 0.5) is 4.79 Å². The molecule has 0 aliphatic carbocycles. The van der Waals surface area contributed by atoms with Crippen LogP contribution in [-0.2, 0) is 4.74 Å². The summed E-state index contributed by atoms with van der Waals surface area (Å²) in [7, 11) is 0. The van der Waals surface area contributed by atoms with Crippen molar-refractivity contribution in [3.63, 3.8) is 0 Å². The number of piperidine rings is 1. The summed E-state index contributed by atoms with van der Waals surface area (Å²) in [5.41, 5.74) is -1.65. The molecule has 5 heteroatoms. The summed E-state index contributed by atoms with van der Waals surface area (Å²) in [6, 6.07) is 0. The zero-order valence-corrected chi connectivity index (χ0v) is 10.4. The number of likely N-dealkylation sites (tertiary alicyclic amines) is 1. The normalized spacial score (nSPS) is 31.4. The molecule has 0 bridgehead atoms. The van der Waals surface area contributed by atoms with E-state index in [-0.39, 0.29) is 6.54 Å². The van der Waals surface area contributed by atoms with Crippen LogP contribution in [0.3, 0.4) is 0 Å². The van der Waals surface area contributed by atoms with E-state index in [0.717, 1.165) is 0 Å². The van der Waals surface area contributed by atoms with Gasteiger partial charge in [0.2, 0.25) is 0 Å². The lowest BCUT2D eigenvalue weighted by Crippen LogP contribution is -2.55. The average Bonchev–Trinajstić information content (AvgIpc) is 2.06. The third-order valence-electron chi connectivity index (χ3n) is 2.65.